The Hall–Kier alpha value is -1.09. The van der Waals surface area contributed by atoms with Crippen molar-refractivity contribution in [3.05, 3.63) is 35.4 Å². The van der Waals surface area contributed by atoms with E-state index in [1.165, 1.54) is 36.8 Å². The Labute approximate surface area is 122 Å². The number of hydrogen-bond donors (Lipinski definition) is 2. The molecule has 0 unspecified atom stereocenters. The van der Waals surface area contributed by atoms with E-state index >= 15 is 0 Å². The summed E-state index contributed by atoms with van der Waals surface area (Å²) in [6, 6.07) is 9.36. The van der Waals surface area contributed by atoms with Crippen LogP contribution in [0.3, 0.4) is 0 Å². The normalized spacial score (nSPS) is 15.7. The van der Waals surface area contributed by atoms with E-state index in [0.29, 0.717) is 12.0 Å². The molecule has 3 heteroatoms. The summed E-state index contributed by atoms with van der Waals surface area (Å²) >= 11 is 5.33. The molecule has 2 rings (SSSR count). The fraction of sp³-hybridized carbons (Fsp3) is 0.562. The average molecular weight is 276 g/mol. The average Bonchev–Trinajstić information content (AvgIpc) is 2.89. The van der Waals surface area contributed by atoms with Crippen molar-refractivity contribution in [2.75, 3.05) is 0 Å². The van der Waals surface area contributed by atoms with Crippen LogP contribution in [0.1, 0.15) is 56.6 Å². The van der Waals surface area contributed by atoms with Gasteiger partial charge >= 0.3 is 0 Å². The molecule has 1 aromatic rings. The predicted molar refractivity (Wildman–Crippen MR) is 85.4 cm³/mol. The monoisotopic (exact) mass is 276 g/mol. The smallest absolute Gasteiger partial charge is 0.166 e. The lowest BCUT2D eigenvalue weighted by Gasteiger charge is -2.16. The van der Waals surface area contributed by atoms with Gasteiger partial charge in [0.25, 0.3) is 0 Å². The molecule has 104 valence electrons. The Bertz CT molecular complexity index is 405. The summed E-state index contributed by atoms with van der Waals surface area (Å²) in [5, 5.41) is 7.49. The summed E-state index contributed by atoms with van der Waals surface area (Å²) in [7, 11) is 0. The maximum absolute atomic E-state index is 5.33. The first-order valence-electron chi connectivity index (χ1n) is 7.28. The van der Waals surface area contributed by atoms with Crippen LogP contribution in [-0.4, -0.2) is 11.2 Å². The molecule has 0 saturated heterocycles. The van der Waals surface area contributed by atoms with Gasteiger partial charge in [0.05, 0.1) is 0 Å². The SMILES string of the molecule is CC(C)c1ccc(CNC(=S)NC2CCCC2)cc1. The Balaban J connectivity index is 1.76. The molecule has 1 aliphatic carbocycles. The lowest BCUT2D eigenvalue weighted by molar-refractivity contribution is 0.621. The largest absolute Gasteiger partial charge is 0.360 e. The van der Waals surface area contributed by atoms with E-state index in [1.54, 1.807) is 0 Å². The molecule has 0 radical (unpaired) electrons. The number of rotatable bonds is 4. The van der Waals surface area contributed by atoms with Gasteiger partial charge in [0.1, 0.15) is 0 Å². The van der Waals surface area contributed by atoms with Crippen LogP contribution in [0.15, 0.2) is 24.3 Å². The first-order chi connectivity index (χ1) is 9.15. The summed E-state index contributed by atoms with van der Waals surface area (Å²) in [5.74, 6) is 0.590. The number of thiocarbonyl (C=S) groups is 1. The second-order valence-electron chi connectivity index (χ2n) is 5.70. The van der Waals surface area contributed by atoms with Crippen LogP contribution in [0.5, 0.6) is 0 Å². The zero-order chi connectivity index (χ0) is 13.7. The zero-order valence-corrected chi connectivity index (χ0v) is 12.7. The van der Waals surface area contributed by atoms with E-state index in [1.807, 2.05) is 0 Å². The quantitative estimate of drug-likeness (QED) is 0.820. The molecule has 2 nitrogen and oxygen atoms in total. The zero-order valence-electron chi connectivity index (χ0n) is 11.9. The van der Waals surface area contributed by atoms with Crippen LogP contribution in [0.2, 0.25) is 0 Å². The molecule has 0 bridgehead atoms. The highest BCUT2D eigenvalue weighted by Gasteiger charge is 2.15. The molecule has 0 aromatic heterocycles. The minimum atomic E-state index is 0.586. The van der Waals surface area contributed by atoms with Crippen LogP contribution in [-0.2, 0) is 6.54 Å². The molecular formula is C16H24N2S. The van der Waals surface area contributed by atoms with Crippen molar-refractivity contribution in [1.82, 2.24) is 10.6 Å². The molecule has 2 N–H and O–H groups in total. The molecule has 1 fully saturated rings. The highest BCUT2D eigenvalue weighted by Crippen LogP contribution is 2.17. The van der Waals surface area contributed by atoms with Gasteiger partial charge in [-0.25, -0.2) is 0 Å². The topological polar surface area (TPSA) is 24.1 Å². The molecule has 1 aromatic carbocycles. The minimum absolute atomic E-state index is 0.586. The Morgan fingerprint density at radius 3 is 2.42 bits per heavy atom. The Morgan fingerprint density at radius 2 is 1.84 bits per heavy atom. The lowest BCUT2D eigenvalue weighted by atomic mass is 10.0. The van der Waals surface area contributed by atoms with E-state index in [2.05, 4.69) is 48.7 Å². The number of hydrogen-bond acceptors (Lipinski definition) is 1. The van der Waals surface area contributed by atoms with Gasteiger partial charge < -0.3 is 10.6 Å². The van der Waals surface area contributed by atoms with Crippen LogP contribution >= 0.6 is 12.2 Å². The molecule has 1 aliphatic rings. The molecule has 0 spiro atoms. The summed E-state index contributed by atoms with van der Waals surface area (Å²) in [4.78, 5) is 0. The van der Waals surface area contributed by atoms with E-state index in [0.717, 1.165) is 11.7 Å². The van der Waals surface area contributed by atoms with Crippen molar-refractivity contribution in [3.63, 3.8) is 0 Å². The van der Waals surface area contributed by atoms with E-state index in [4.69, 9.17) is 12.2 Å². The van der Waals surface area contributed by atoms with Crippen molar-refractivity contribution in [2.24, 2.45) is 0 Å². The highest BCUT2D eigenvalue weighted by atomic mass is 32.1. The fourth-order valence-electron chi connectivity index (χ4n) is 2.51. The maximum Gasteiger partial charge on any atom is 0.166 e. The van der Waals surface area contributed by atoms with E-state index in [9.17, 15) is 0 Å². The molecule has 0 aliphatic heterocycles. The van der Waals surface area contributed by atoms with Crippen molar-refractivity contribution < 1.29 is 0 Å². The third-order valence-corrected chi connectivity index (χ3v) is 4.05. The second kappa shape index (κ2) is 6.90. The third kappa shape index (κ3) is 4.50. The Morgan fingerprint density at radius 1 is 1.21 bits per heavy atom. The fourth-order valence-corrected chi connectivity index (χ4v) is 2.75. The lowest BCUT2D eigenvalue weighted by Crippen LogP contribution is -2.40. The van der Waals surface area contributed by atoms with Crippen molar-refractivity contribution in [2.45, 2.75) is 58.0 Å². The molecule has 0 heterocycles. The van der Waals surface area contributed by atoms with Gasteiger partial charge in [-0.15, -0.1) is 0 Å². The van der Waals surface area contributed by atoms with Crippen LogP contribution < -0.4 is 10.6 Å². The number of nitrogens with one attached hydrogen (secondary N) is 2. The van der Waals surface area contributed by atoms with Gasteiger partial charge in [-0.05, 0) is 42.1 Å². The third-order valence-electron chi connectivity index (χ3n) is 3.79. The van der Waals surface area contributed by atoms with E-state index in [-0.39, 0.29) is 0 Å². The molecule has 19 heavy (non-hydrogen) atoms. The molecule has 0 amide bonds. The number of benzene rings is 1. The van der Waals surface area contributed by atoms with Crippen LogP contribution in [0, 0.1) is 0 Å². The Kier molecular flexibility index (Phi) is 5.20. The standard InChI is InChI=1S/C16H24N2S/c1-12(2)14-9-7-13(8-10-14)11-17-16(19)18-15-5-3-4-6-15/h7-10,12,15H,3-6,11H2,1-2H3,(H2,17,18,19). The van der Waals surface area contributed by atoms with Crippen LogP contribution in [0.4, 0.5) is 0 Å². The summed E-state index contributed by atoms with van der Waals surface area (Å²) in [6.07, 6.45) is 5.17. The van der Waals surface area contributed by atoms with Gasteiger partial charge in [-0.3, -0.25) is 0 Å². The molecule has 1 saturated carbocycles. The molecule has 0 atom stereocenters. The van der Waals surface area contributed by atoms with Crippen molar-refractivity contribution in [1.29, 1.82) is 0 Å². The molecular weight excluding hydrogens is 252 g/mol. The van der Waals surface area contributed by atoms with E-state index < -0.39 is 0 Å². The van der Waals surface area contributed by atoms with Gasteiger partial charge in [-0.2, -0.15) is 0 Å². The van der Waals surface area contributed by atoms with Gasteiger partial charge in [0, 0.05) is 12.6 Å². The first-order valence-corrected chi connectivity index (χ1v) is 7.69. The summed E-state index contributed by atoms with van der Waals surface area (Å²) < 4.78 is 0. The summed E-state index contributed by atoms with van der Waals surface area (Å²) in [6.45, 7) is 5.23. The van der Waals surface area contributed by atoms with Gasteiger partial charge in [0.2, 0.25) is 0 Å². The van der Waals surface area contributed by atoms with Crippen molar-refractivity contribution in [3.8, 4) is 0 Å². The second-order valence-corrected chi connectivity index (χ2v) is 6.11. The minimum Gasteiger partial charge on any atom is -0.360 e. The van der Waals surface area contributed by atoms with Gasteiger partial charge in [0.15, 0.2) is 5.11 Å². The highest BCUT2D eigenvalue weighted by molar-refractivity contribution is 7.80. The van der Waals surface area contributed by atoms with Crippen molar-refractivity contribution >= 4 is 17.3 Å². The first kappa shape index (κ1) is 14.3. The predicted octanol–water partition coefficient (Wildman–Crippen LogP) is 3.72. The van der Waals surface area contributed by atoms with Gasteiger partial charge in [-0.1, -0.05) is 51.0 Å². The maximum atomic E-state index is 5.33. The van der Waals surface area contributed by atoms with Crippen LogP contribution in [0.25, 0.3) is 0 Å². The summed E-state index contributed by atoms with van der Waals surface area (Å²) in [5.41, 5.74) is 2.66.